The first kappa shape index (κ1) is 10.1. The largest absolute Gasteiger partial charge is 0.369 e. The lowest BCUT2D eigenvalue weighted by Crippen LogP contribution is -2.08. The third-order valence-corrected chi connectivity index (χ3v) is 2.73. The second kappa shape index (κ2) is 4.39. The molecule has 0 bridgehead atoms. The first-order valence-corrected chi connectivity index (χ1v) is 5.56. The van der Waals surface area contributed by atoms with Crippen molar-refractivity contribution >= 4 is 16.5 Å². The average Bonchev–Trinajstić information content (AvgIpc) is 2.86. The first-order chi connectivity index (χ1) is 7.27. The van der Waals surface area contributed by atoms with Crippen molar-refractivity contribution in [3.8, 4) is 0 Å². The van der Waals surface area contributed by atoms with Crippen LogP contribution in [-0.2, 0) is 6.54 Å². The Hall–Kier alpha value is -1.43. The normalized spacial score (nSPS) is 10.9. The summed E-state index contributed by atoms with van der Waals surface area (Å²) >= 11 is 1.36. The summed E-state index contributed by atoms with van der Waals surface area (Å²) in [5, 5.41) is 8.00. The van der Waals surface area contributed by atoms with Crippen molar-refractivity contribution in [3.05, 3.63) is 24.4 Å². The highest BCUT2D eigenvalue weighted by Crippen LogP contribution is 2.13. The van der Waals surface area contributed by atoms with Crippen molar-refractivity contribution in [1.29, 1.82) is 0 Å². The summed E-state index contributed by atoms with van der Waals surface area (Å²) in [7, 11) is 0. The minimum Gasteiger partial charge on any atom is -0.369 e. The fourth-order valence-corrected chi connectivity index (χ4v) is 1.77. The molecule has 0 radical (unpaired) electrons. The van der Waals surface area contributed by atoms with Gasteiger partial charge in [0, 0.05) is 23.8 Å². The molecule has 0 saturated carbocycles. The summed E-state index contributed by atoms with van der Waals surface area (Å²) in [6, 6.07) is 0.434. The lowest BCUT2D eigenvalue weighted by molar-refractivity contribution is 0.577. The summed E-state index contributed by atoms with van der Waals surface area (Å²) in [5.74, 6) is 0. The van der Waals surface area contributed by atoms with E-state index in [2.05, 4.69) is 38.3 Å². The number of nitrogens with zero attached hydrogens (tertiary/aromatic N) is 4. The zero-order chi connectivity index (χ0) is 10.7. The molecule has 2 aromatic rings. The molecular formula is C9H13N5S. The molecule has 0 aliphatic carbocycles. The van der Waals surface area contributed by atoms with Crippen molar-refractivity contribution in [2.45, 2.75) is 26.4 Å². The molecule has 0 amide bonds. The van der Waals surface area contributed by atoms with Crippen LogP contribution >= 0.6 is 11.5 Å². The van der Waals surface area contributed by atoms with Crippen molar-refractivity contribution in [1.82, 2.24) is 19.1 Å². The van der Waals surface area contributed by atoms with E-state index in [1.54, 1.807) is 6.20 Å². The Bertz CT molecular complexity index is 406. The van der Waals surface area contributed by atoms with Gasteiger partial charge in [-0.25, -0.2) is 4.98 Å². The molecule has 0 aliphatic rings. The molecule has 6 heteroatoms. The number of anilines is 1. The highest BCUT2D eigenvalue weighted by Gasteiger charge is 2.05. The van der Waals surface area contributed by atoms with Crippen molar-refractivity contribution in [3.63, 3.8) is 0 Å². The van der Waals surface area contributed by atoms with Crippen molar-refractivity contribution in [2.75, 3.05) is 5.32 Å². The second-order valence-electron chi connectivity index (χ2n) is 3.52. The van der Waals surface area contributed by atoms with E-state index in [4.69, 9.17) is 0 Å². The smallest absolute Gasteiger partial charge is 0.130 e. The number of aromatic nitrogens is 4. The fraction of sp³-hybridized carbons (Fsp3) is 0.444. The lowest BCUT2D eigenvalue weighted by atomic mass is 10.3. The Kier molecular flexibility index (Phi) is 2.96. The van der Waals surface area contributed by atoms with Crippen LogP contribution in [0.2, 0.25) is 0 Å². The van der Waals surface area contributed by atoms with Crippen LogP contribution in [0.25, 0.3) is 0 Å². The summed E-state index contributed by atoms with van der Waals surface area (Å²) in [6.45, 7) is 5.03. The highest BCUT2D eigenvalue weighted by atomic mass is 32.1. The fourth-order valence-electron chi connectivity index (χ4n) is 1.36. The maximum atomic E-state index is 4.14. The first-order valence-electron chi connectivity index (χ1n) is 4.79. The number of rotatable bonds is 4. The molecular weight excluding hydrogens is 210 g/mol. The summed E-state index contributed by atoms with van der Waals surface area (Å²) in [6.07, 6.45) is 5.45. The molecule has 0 aromatic carbocycles. The van der Waals surface area contributed by atoms with Crippen LogP contribution in [-0.4, -0.2) is 19.1 Å². The molecule has 0 fully saturated rings. The molecule has 2 aromatic heterocycles. The van der Waals surface area contributed by atoms with Crippen LogP contribution in [0, 0.1) is 0 Å². The molecule has 0 aliphatic heterocycles. The quantitative estimate of drug-likeness (QED) is 0.860. The van der Waals surface area contributed by atoms with Crippen molar-refractivity contribution in [2.24, 2.45) is 0 Å². The molecule has 0 atom stereocenters. The standard InChI is InChI=1S/C9H13N5S/c1-7(2)14-6-10-3-8(14)4-11-9-5-12-13-15-9/h3,5-7,11H,4H2,1-2H3. The van der Waals surface area contributed by atoms with Gasteiger partial charge in [-0.2, -0.15) is 0 Å². The van der Waals surface area contributed by atoms with Gasteiger partial charge < -0.3 is 9.88 Å². The topological polar surface area (TPSA) is 55.6 Å². The van der Waals surface area contributed by atoms with E-state index >= 15 is 0 Å². The van der Waals surface area contributed by atoms with Gasteiger partial charge in [0.15, 0.2) is 0 Å². The van der Waals surface area contributed by atoms with Crippen LogP contribution < -0.4 is 5.32 Å². The molecule has 0 unspecified atom stereocenters. The SMILES string of the molecule is CC(C)n1cncc1CNc1cnns1. The molecule has 2 heterocycles. The van der Waals surface area contributed by atoms with Gasteiger partial charge >= 0.3 is 0 Å². The van der Waals surface area contributed by atoms with E-state index in [0.29, 0.717) is 6.04 Å². The molecule has 0 saturated heterocycles. The average molecular weight is 223 g/mol. The lowest BCUT2D eigenvalue weighted by Gasteiger charge is -2.11. The van der Waals surface area contributed by atoms with Gasteiger partial charge in [-0.3, -0.25) is 0 Å². The summed E-state index contributed by atoms with van der Waals surface area (Å²) in [4.78, 5) is 4.14. The van der Waals surface area contributed by atoms with Crippen LogP contribution in [0.15, 0.2) is 18.7 Å². The van der Waals surface area contributed by atoms with E-state index in [-0.39, 0.29) is 0 Å². The zero-order valence-electron chi connectivity index (χ0n) is 8.71. The van der Waals surface area contributed by atoms with E-state index in [1.807, 2.05) is 12.5 Å². The van der Waals surface area contributed by atoms with E-state index in [9.17, 15) is 0 Å². The Labute approximate surface area is 92.3 Å². The third-order valence-electron chi connectivity index (χ3n) is 2.11. The molecule has 1 N–H and O–H groups in total. The van der Waals surface area contributed by atoms with Gasteiger partial charge in [0.2, 0.25) is 0 Å². The van der Waals surface area contributed by atoms with Crippen LogP contribution in [0.4, 0.5) is 5.00 Å². The minimum absolute atomic E-state index is 0.434. The van der Waals surface area contributed by atoms with Gasteiger partial charge in [0.05, 0.1) is 24.8 Å². The van der Waals surface area contributed by atoms with Crippen LogP contribution in [0.5, 0.6) is 0 Å². The van der Waals surface area contributed by atoms with Crippen LogP contribution in [0.1, 0.15) is 25.6 Å². The maximum Gasteiger partial charge on any atom is 0.130 e. The summed E-state index contributed by atoms with van der Waals surface area (Å²) < 4.78 is 5.93. The van der Waals surface area contributed by atoms with Gasteiger partial charge in [-0.05, 0) is 13.8 Å². The highest BCUT2D eigenvalue weighted by molar-refractivity contribution is 7.09. The second-order valence-corrected chi connectivity index (χ2v) is 4.31. The van der Waals surface area contributed by atoms with Gasteiger partial charge in [0.25, 0.3) is 0 Å². The predicted octanol–water partition coefficient (Wildman–Crippen LogP) is 1.93. The van der Waals surface area contributed by atoms with Gasteiger partial charge in [-0.1, -0.05) is 4.49 Å². The monoisotopic (exact) mass is 223 g/mol. The number of nitrogens with one attached hydrogen (secondary N) is 1. The Morgan fingerprint density at radius 1 is 1.47 bits per heavy atom. The zero-order valence-corrected chi connectivity index (χ0v) is 9.53. The summed E-state index contributed by atoms with van der Waals surface area (Å²) in [5.41, 5.74) is 1.17. The van der Waals surface area contributed by atoms with E-state index in [0.717, 1.165) is 11.5 Å². The van der Waals surface area contributed by atoms with E-state index < -0.39 is 0 Å². The molecule has 80 valence electrons. The Morgan fingerprint density at radius 3 is 3.00 bits per heavy atom. The third kappa shape index (κ3) is 2.33. The molecule has 5 nitrogen and oxygen atoms in total. The maximum absolute atomic E-state index is 4.14. The van der Waals surface area contributed by atoms with E-state index in [1.165, 1.54) is 17.2 Å². The minimum atomic E-state index is 0.434. The predicted molar refractivity (Wildman–Crippen MR) is 59.8 cm³/mol. The van der Waals surface area contributed by atoms with Crippen molar-refractivity contribution < 1.29 is 0 Å². The number of hydrogen-bond acceptors (Lipinski definition) is 5. The Morgan fingerprint density at radius 2 is 2.33 bits per heavy atom. The van der Waals surface area contributed by atoms with Crippen LogP contribution in [0.3, 0.4) is 0 Å². The molecule has 2 rings (SSSR count). The number of imidazole rings is 1. The van der Waals surface area contributed by atoms with Gasteiger partial charge in [0.1, 0.15) is 5.00 Å². The molecule has 15 heavy (non-hydrogen) atoms. The number of hydrogen-bond donors (Lipinski definition) is 1. The Balaban J connectivity index is 2.02. The molecule has 0 spiro atoms. The van der Waals surface area contributed by atoms with Gasteiger partial charge in [-0.15, -0.1) is 5.10 Å².